The Hall–Kier alpha value is -0.360. The maximum absolute atomic E-state index is 11.3. The highest BCUT2D eigenvalue weighted by Crippen LogP contribution is 2.17. The zero-order chi connectivity index (χ0) is 10.7. The number of hydrogen-bond acceptors (Lipinski definition) is 4. The van der Waals surface area contributed by atoms with E-state index in [1.165, 1.54) is 0 Å². The second kappa shape index (κ2) is 7.84. The van der Waals surface area contributed by atoms with E-state index in [4.69, 9.17) is 5.73 Å². The molecular formula is C9H17Cl2N3OS. The first kappa shape index (κ1) is 18.0. The number of amides is 1. The van der Waals surface area contributed by atoms with Gasteiger partial charge in [-0.3, -0.25) is 4.79 Å². The van der Waals surface area contributed by atoms with Crippen molar-refractivity contribution < 1.29 is 4.79 Å². The van der Waals surface area contributed by atoms with Gasteiger partial charge in [0.25, 0.3) is 0 Å². The largest absolute Gasteiger partial charge is 0.346 e. The van der Waals surface area contributed by atoms with E-state index in [0.29, 0.717) is 0 Å². The maximum atomic E-state index is 11.3. The Bertz CT molecular complexity index is 330. The normalized spacial score (nSPS) is 13.0. The van der Waals surface area contributed by atoms with E-state index in [1.807, 2.05) is 19.2 Å². The molecule has 0 aromatic carbocycles. The first-order valence-corrected chi connectivity index (χ1v) is 5.36. The van der Waals surface area contributed by atoms with Crippen LogP contribution in [0.25, 0.3) is 0 Å². The van der Waals surface area contributed by atoms with Crippen molar-refractivity contribution in [1.29, 1.82) is 0 Å². The minimum Gasteiger partial charge on any atom is -0.346 e. The highest BCUT2D eigenvalue weighted by atomic mass is 35.5. The van der Waals surface area contributed by atoms with E-state index >= 15 is 0 Å². The number of nitrogens with two attached hydrogens (primary N) is 1. The fourth-order valence-electron chi connectivity index (χ4n) is 0.978. The molecule has 4 nitrogen and oxygen atoms in total. The summed E-state index contributed by atoms with van der Waals surface area (Å²) in [6.45, 7) is 5.49. The lowest BCUT2D eigenvalue weighted by Crippen LogP contribution is -2.39. The van der Waals surface area contributed by atoms with Gasteiger partial charge in [-0.25, -0.2) is 4.98 Å². The molecule has 0 saturated heterocycles. The lowest BCUT2D eigenvalue weighted by atomic mass is 10.3. The minimum absolute atomic E-state index is 0. The van der Waals surface area contributed by atoms with Crippen molar-refractivity contribution in [2.75, 3.05) is 0 Å². The number of aromatic nitrogens is 1. The molecule has 0 aliphatic carbocycles. The van der Waals surface area contributed by atoms with E-state index in [-0.39, 0.29) is 36.8 Å². The number of carbonyl (C=O) groups excluding carboxylic acids is 1. The van der Waals surface area contributed by atoms with Gasteiger partial charge in [-0.05, 0) is 20.8 Å². The van der Waals surface area contributed by atoms with Crippen LogP contribution in [0.5, 0.6) is 0 Å². The highest BCUT2D eigenvalue weighted by molar-refractivity contribution is 7.09. The number of thiazole rings is 1. The van der Waals surface area contributed by atoms with E-state index < -0.39 is 6.04 Å². The van der Waals surface area contributed by atoms with Crippen LogP contribution in [0, 0.1) is 6.92 Å². The Morgan fingerprint density at radius 3 is 2.44 bits per heavy atom. The molecule has 0 saturated carbocycles. The van der Waals surface area contributed by atoms with Crippen LogP contribution in [0.1, 0.15) is 30.6 Å². The third-order valence-electron chi connectivity index (χ3n) is 1.78. The van der Waals surface area contributed by atoms with Crippen LogP contribution >= 0.6 is 36.2 Å². The van der Waals surface area contributed by atoms with E-state index in [1.54, 1.807) is 18.3 Å². The van der Waals surface area contributed by atoms with Gasteiger partial charge >= 0.3 is 0 Å². The van der Waals surface area contributed by atoms with Gasteiger partial charge in [0.1, 0.15) is 5.01 Å². The third kappa shape index (κ3) is 5.12. The third-order valence-corrected chi connectivity index (χ3v) is 2.92. The molecule has 0 aliphatic rings. The SMILES string of the molecule is Cc1csc(C(C)NC(=O)[C@@H](C)N)n1.Cl.Cl. The molecule has 3 N–H and O–H groups in total. The number of rotatable bonds is 3. The average molecular weight is 286 g/mol. The van der Waals surface area contributed by atoms with Gasteiger partial charge in [0.2, 0.25) is 5.91 Å². The lowest BCUT2D eigenvalue weighted by molar-refractivity contribution is -0.122. The van der Waals surface area contributed by atoms with Gasteiger partial charge in [-0.2, -0.15) is 0 Å². The number of aryl methyl sites for hydroxylation is 1. The fourth-order valence-corrected chi connectivity index (χ4v) is 1.78. The van der Waals surface area contributed by atoms with Gasteiger partial charge < -0.3 is 11.1 Å². The molecule has 94 valence electrons. The molecule has 0 radical (unpaired) electrons. The summed E-state index contributed by atoms with van der Waals surface area (Å²) in [6.07, 6.45) is 0. The van der Waals surface area contributed by atoms with E-state index in [0.717, 1.165) is 10.7 Å². The van der Waals surface area contributed by atoms with Gasteiger partial charge in [0.15, 0.2) is 0 Å². The molecule has 0 fully saturated rings. The van der Waals surface area contributed by atoms with E-state index in [9.17, 15) is 4.79 Å². The Kier molecular flexibility index (Phi) is 8.83. The second-order valence-electron chi connectivity index (χ2n) is 3.35. The molecule has 0 aliphatic heterocycles. The van der Waals surface area contributed by atoms with Gasteiger partial charge in [0, 0.05) is 11.1 Å². The van der Waals surface area contributed by atoms with Crippen molar-refractivity contribution in [3.8, 4) is 0 Å². The summed E-state index contributed by atoms with van der Waals surface area (Å²) < 4.78 is 0. The molecule has 1 rings (SSSR count). The van der Waals surface area contributed by atoms with E-state index in [2.05, 4.69) is 10.3 Å². The summed E-state index contributed by atoms with van der Waals surface area (Å²) in [6, 6.07) is -0.536. The van der Waals surface area contributed by atoms with Crippen molar-refractivity contribution in [2.45, 2.75) is 32.9 Å². The Balaban J connectivity index is 0. The molecule has 1 heterocycles. The van der Waals surface area contributed by atoms with Crippen LogP contribution in [0.3, 0.4) is 0 Å². The Morgan fingerprint density at radius 1 is 1.50 bits per heavy atom. The Morgan fingerprint density at radius 2 is 2.06 bits per heavy atom. The number of carbonyl (C=O) groups is 1. The van der Waals surface area contributed by atoms with Crippen LogP contribution in [0.4, 0.5) is 0 Å². The predicted molar refractivity (Wildman–Crippen MR) is 71.6 cm³/mol. The monoisotopic (exact) mass is 285 g/mol. The lowest BCUT2D eigenvalue weighted by Gasteiger charge is -2.12. The summed E-state index contributed by atoms with van der Waals surface area (Å²) in [5.41, 5.74) is 6.42. The molecule has 1 unspecified atom stereocenters. The highest BCUT2D eigenvalue weighted by Gasteiger charge is 2.14. The molecule has 1 aromatic rings. The van der Waals surface area contributed by atoms with Crippen molar-refractivity contribution in [1.82, 2.24) is 10.3 Å². The summed E-state index contributed by atoms with van der Waals surface area (Å²) in [5.74, 6) is -0.148. The molecule has 2 atom stereocenters. The number of hydrogen-bond donors (Lipinski definition) is 2. The van der Waals surface area contributed by atoms with Crippen LogP contribution < -0.4 is 11.1 Å². The standard InChI is InChI=1S/C9H15N3OS.2ClH/c1-5-4-14-9(11-5)7(3)12-8(13)6(2)10;;/h4,6-7H,10H2,1-3H3,(H,12,13);2*1H/t6-,7?;;/m1../s1. The van der Waals surface area contributed by atoms with Crippen molar-refractivity contribution in [3.05, 3.63) is 16.1 Å². The van der Waals surface area contributed by atoms with Crippen LogP contribution in [0.2, 0.25) is 0 Å². The first-order valence-electron chi connectivity index (χ1n) is 4.48. The van der Waals surface area contributed by atoms with Crippen LogP contribution in [-0.2, 0) is 4.79 Å². The molecule has 0 spiro atoms. The molecule has 1 amide bonds. The number of nitrogens with one attached hydrogen (secondary N) is 1. The fraction of sp³-hybridized carbons (Fsp3) is 0.556. The first-order chi connectivity index (χ1) is 6.50. The van der Waals surface area contributed by atoms with Crippen LogP contribution in [-0.4, -0.2) is 16.9 Å². The summed E-state index contributed by atoms with van der Waals surface area (Å²) >= 11 is 1.54. The molecule has 0 bridgehead atoms. The summed E-state index contributed by atoms with van der Waals surface area (Å²) in [4.78, 5) is 15.6. The molecule has 1 aromatic heterocycles. The van der Waals surface area contributed by atoms with Gasteiger partial charge in [-0.15, -0.1) is 36.2 Å². The second-order valence-corrected chi connectivity index (χ2v) is 4.24. The van der Waals surface area contributed by atoms with Crippen molar-refractivity contribution >= 4 is 42.1 Å². The predicted octanol–water partition coefficient (Wildman–Crippen LogP) is 1.82. The smallest absolute Gasteiger partial charge is 0.237 e. The van der Waals surface area contributed by atoms with Crippen molar-refractivity contribution in [3.63, 3.8) is 0 Å². The molecule has 16 heavy (non-hydrogen) atoms. The summed E-state index contributed by atoms with van der Waals surface area (Å²) in [7, 11) is 0. The Labute approximate surface area is 112 Å². The molecular weight excluding hydrogens is 269 g/mol. The van der Waals surface area contributed by atoms with Gasteiger partial charge in [-0.1, -0.05) is 0 Å². The van der Waals surface area contributed by atoms with Crippen molar-refractivity contribution in [2.24, 2.45) is 5.73 Å². The maximum Gasteiger partial charge on any atom is 0.237 e. The number of nitrogens with zero attached hydrogens (tertiary/aromatic N) is 1. The quantitative estimate of drug-likeness (QED) is 0.890. The number of halogens is 2. The molecule has 7 heteroatoms. The minimum atomic E-state index is -0.474. The zero-order valence-corrected chi connectivity index (χ0v) is 11.8. The zero-order valence-electron chi connectivity index (χ0n) is 9.39. The van der Waals surface area contributed by atoms with Crippen LogP contribution in [0.15, 0.2) is 5.38 Å². The topological polar surface area (TPSA) is 68.0 Å². The van der Waals surface area contributed by atoms with Gasteiger partial charge in [0.05, 0.1) is 12.1 Å². The summed E-state index contributed by atoms with van der Waals surface area (Å²) in [5, 5.41) is 5.67. The average Bonchev–Trinajstić information content (AvgIpc) is 2.51.